The fraction of sp³-hybridized carbons (Fsp3) is 0.273. The zero-order valence-corrected chi connectivity index (χ0v) is 11.7. The van der Waals surface area contributed by atoms with Crippen molar-refractivity contribution in [2.24, 2.45) is 5.73 Å². The number of fused-ring (bicyclic) bond motifs is 1. The summed E-state index contributed by atoms with van der Waals surface area (Å²) in [6.07, 6.45) is 0.719. The first kappa shape index (κ1) is 13.9. The third-order valence-corrected chi connectivity index (χ3v) is 4.64. The molecule has 0 aliphatic rings. The second-order valence-corrected chi connectivity index (χ2v) is 5.41. The van der Waals surface area contributed by atoms with Gasteiger partial charge in [-0.15, -0.1) is 23.7 Å². The van der Waals surface area contributed by atoms with Crippen molar-refractivity contribution in [3.63, 3.8) is 0 Å². The largest absolute Gasteiger partial charge is 0.395 e. The molecule has 3 N–H and O–H groups in total. The topological polar surface area (TPSA) is 46.2 Å². The van der Waals surface area contributed by atoms with E-state index in [0.29, 0.717) is 0 Å². The molecule has 0 bridgehead atoms. The Balaban J connectivity index is 0.00000128. The molecule has 0 aliphatic carbocycles. The number of thiophene rings is 1. The van der Waals surface area contributed by atoms with Gasteiger partial charge < -0.3 is 10.8 Å². The van der Waals surface area contributed by atoms with Crippen LogP contribution < -0.4 is 5.73 Å². The third-order valence-electron chi connectivity index (χ3n) is 2.28. The normalized spacial score (nSPS) is 12.4. The van der Waals surface area contributed by atoms with Crippen LogP contribution in [0.15, 0.2) is 28.7 Å². The second kappa shape index (κ2) is 5.98. The van der Waals surface area contributed by atoms with Crippen molar-refractivity contribution in [1.29, 1.82) is 0 Å². The summed E-state index contributed by atoms with van der Waals surface area (Å²) in [5.74, 6) is 0. The van der Waals surface area contributed by atoms with Crippen molar-refractivity contribution >= 4 is 49.8 Å². The Morgan fingerprint density at radius 3 is 2.69 bits per heavy atom. The molecule has 5 heteroatoms. The summed E-state index contributed by atoms with van der Waals surface area (Å²) in [4.78, 5) is 1.21. The molecule has 1 heterocycles. The minimum absolute atomic E-state index is 0. The Bertz CT molecular complexity index is 474. The predicted octanol–water partition coefficient (Wildman–Crippen LogP) is 2.95. The maximum Gasteiger partial charge on any atom is 0.0586 e. The average Bonchev–Trinajstić information content (AvgIpc) is 2.57. The lowest BCUT2D eigenvalue weighted by molar-refractivity contribution is 0.265. The van der Waals surface area contributed by atoms with E-state index in [1.807, 2.05) is 12.1 Å². The quantitative estimate of drug-likeness (QED) is 0.912. The Labute approximate surface area is 113 Å². The smallest absolute Gasteiger partial charge is 0.0586 e. The molecule has 2 nitrogen and oxygen atoms in total. The molecule has 0 spiro atoms. The van der Waals surface area contributed by atoms with Gasteiger partial charge in [-0.3, -0.25) is 0 Å². The lowest BCUT2D eigenvalue weighted by atomic mass is 10.2. The maximum absolute atomic E-state index is 8.93. The van der Waals surface area contributed by atoms with Crippen LogP contribution in [0.4, 0.5) is 0 Å². The van der Waals surface area contributed by atoms with Gasteiger partial charge in [-0.05, 0) is 22.0 Å². The summed E-state index contributed by atoms with van der Waals surface area (Å²) in [6.45, 7) is 0.0285. The van der Waals surface area contributed by atoms with Crippen LogP contribution in [0.5, 0.6) is 0 Å². The van der Waals surface area contributed by atoms with E-state index in [-0.39, 0.29) is 25.1 Å². The van der Waals surface area contributed by atoms with Gasteiger partial charge in [0, 0.05) is 31.9 Å². The van der Waals surface area contributed by atoms with Crippen LogP contribution in [0.25, 0.3) is 10.1 Å². The Hall–Kier alpha value is -0.130. The molecule has 0 fully saturated rings. The van der Waals surface area contributed by atoms with E-state index < -0.39 is 0 Å². The van der Waals surface area contributed by atoms with Gasteiger partial charge in [0.05, 0.1) is 6.61 Å². The van der Waals surface area contributed by atoms with E-state index >= 15 is 0 Å². The van der Waals surface area contributed by atoms with Crippen molar-refractivity contribution in [3.05, 3.63) is 33.6 Å². The van der Waals surface area contributed by atoms with Crippen LogP contribution in [-0.2, 0) is 6.42 Å². The molecule has 1 aromatic heterocycles. The van der Waals surface area contributed by atoms with Gasteiger partial charge in [-0.2, -0.15) is 0 Å². The van der Waals surface area contributed by atoms with Gasteiger partial charge in [0.1, 0.15) is 0 Å². The van der Waals surface area contributed by atoms with E-state index in [2.05, 4.69) is 28.1 Å². The molecule has 16 heavy (non-hydrogen) atoms. The van der Waals surface area contributed by atoms with Gasteiger partial charge in [0.2, 0.25) is 0 Å². The van der Waals surface area contributed by atoms with Crippen LogP contribution in [-0.4, -0.2) is 17.8 Å². The van der Waals surface area contributed by atoms with Crippen molar-refractivity contribution in [3.8, 4) is 0 Å². The Morgan fingerprint density at radius 1 is 1.38 bits per heavy atom. The van der Waals surface area contributed by atoms with Crippen LogP contribution in [0.3, 0.4) is 0 Å². The molecule has 1 aromatic carbocycles. The molecule has 0 saturated heterocycles. The van der Waals surface area contributed by atoms with Crippen molar-refractivity contribution in [2.45, 2.75) is 12.5 Å². The fourth-order valence-electron chi connectivity index (χ4n) is 1.50. The monoisotopic (exact) mass is 321 g/mol. The molecule has 2 aromatic rings. The van der Waals surface area contributed by atoms with Gasteiger partial charge in [-0.25, -0.2) is 0 Å². The van der Waals surface area contributed by atoms with Crippen LogP contribution in [0, 0.1) is 0 Å². The number of benzene rings is 1. The molecule has 1 atom stereocenters. The lowest BCUT2D eigenvalue weighted by Crippen LogP contribution is -2.26. The highest BCUT2D eigenvalue weighted by molar-refractivity contribution is 9.10. The first-order valence-electron chi connectivity index (χ1n) is 4.74. The minimum atomic E-state index is -0.172. The number of rotatable bonds is 3. The van der Waals surface area contributed by atoms with E-state index in [0.717, 1.165) is 10.9 Å². The van der Waals surface area contributed by atoms with Gasteiger partial charge in [0.15, 0.2) is 0 Å². The first-order valence-corrected chi connectivity index (χ1v) is 6.35. The summed E-state index contributed by atoms with van der Waals surface area (Å²) in [5.41, 5.74) is 5.73. The highest BCUT2D eigenvalue weighted by Crippen LogP contribution is 2.35. The van der Waals surface area contributed by atoms with Crippen molar-refractivity contribution in [2.75, 3.05) is 6.61 Å². The third kappa shape index (κ3) is 2.76. The van der Waals surface area contributed by atoms with Crippen LogP contribution in [0.2, 0.25) is 0 Å². The summed E-state index contributed by atoms with van der Waals surface area (Å²) in [7, 11) is 0. The van der Waals surface area contributed by atoms with Crippen LogP contribution in [0.1, 0.15) is 4.88 Å². The number of hydrogen-bond acceptors (Lipinski definition) is 3. The van der Waals surface area contributed by atoms with Crippen molar-refractivity contribution < 1.29 is 5.11 Å². The molecule has 0 amide bonds. The molecule has 0 radical (unpaired) electrons. The molecule has 0 saturated carbocycles. The molecule has 2 rings (SSSR count). The zero-order chi connectivity index (χ0) is 10.8. The predicted molar refractivity (Wildman–Crippen MR) is 75.5 cm³/mol. The number of aliphatic hydroxyl groups excluding tert-OH is 1. The number of hydrogen-bond donors (Lipinski definition) is 2. The van der Waals surface area contributed by atoms with E-state index in [1.165, 1.54) is 15.0 Å². The standard InChI is InChI=1S/C11H12BrNOS.ClH/c12-11-8-3-1-2-4-9(8)15-10(11)5-7(13)6-14;/h1-4,7,14H,5-6,13H2;1H. The second-order valence-electron chi connectivity index (χ2n) is 3.48. The first-order chi connectivity index (χ1) is 7.22. The summed E-state index contributed by atoms with van der Waals surface area (Å²) >= 11 is 5.31. The van der Waals surface area contributed by atoms with Gasteiger partial charge >= 0.3 is 0 Å². The fourth-order valence-corrected chi connectivity index (χ4v) is 3.57. The number of halogens is 2. The minimum Gasteiger partial charge on any atom is -0.395 e. The van der Waals surface area contributed by atoms with Gasteiger partial charge in [0.25, 0.3) is 0 Å². The van der Waals surface area contributed by atoms with Crippen molar-refractivity contribution in [1.82, 2.24) is 0 Å². The average molecular weight is 323 g/mol. The maximum atomic E-state index is 8.93. The lowest BCUT2D eigenvalue weighted by Gasteiger charge is -2.05. The summed E-state index contributed by atoms with van der Waals surface area (Å²) in [6, 6.07) is 8.06. The number of nitrogens with two attached hydrogens (primary N) is 1. The highest BCUT2D eigenvalue weighted by Gasteiger charge is 2.11. The van der Waals surface area contributed by atoms with E-state index in [4.69, 9.17) is 10.8 Å². The molecule has 1 unspecified atom stereocenters. The van der Waals surface area contributed by atoms with E-state index in [9.17, 15) is 0 Å². The molecule has 0 aliphatic heterocycles. The molecular weight excluding hydrogens is 310 g/mol. The number of aliphatic hydroxyl groups is 1. The van der Waals surface area contributed by atoms with Gasteiger partial charge in [-0.1, -0.05) is 18.2 Å². The highest BCUT2D eigenvalue weighted by atomic mass is 79.9. The molecular formula is C11H13BrClNOS. The Morgan fingerprint density at radius 2 is 2.06 bits per heavy atom. The van der Waals surface area contributed by atoms with E-state index in [1.54, 1.807) is 11.3 Å². The zero-order valence-electron chi connectivity index (χ0n) is 8.52. The van der Waals surface area contributed by atoms with Crippen LogP contribution >= 0.6 is 39.7 Å². The summed E-state index contributed by atoms with van der Waals surface area (Å²) in [5, 5.41) is 10.2. The SMILES string of the molecule is Cl.NC(CO)Cc1sc2ccccc2c1Br. The molecule has 88 valence electrons. The summed E-state index contributed by atoms with van der Waals surface area (Å²) < 4.78 is 2.37. The Kier molecular flexibility index (Phi) is 5.21.